The third kappa shape index (κ3) is 7.48. The smallest absolute Gasteiger partial charge is 0.409 e. The SMILES string of the molecule is CCOC(=O)N1CCN(C(=O)NCC(SCc2ccccc2)C(=O)NCC#N)CC1. The van der Waals surface area contributed by atoms with Crippen molar-refractivity contribution in [3.8, 4) is 6.07 Å². The predicted octanol–water partition coefficient (Wildman–Crippen LogP) is 1.41. The molecule has 30 heavy (non-hydrogen) atoms. The predicted molar refractivity (Wildman–Crippen MR) is 114 cm³/mol. The van der Waals surface area contributed by atoms with E-state index >= 15 is 0 Å². The zero-order valence-electron chi connectivity index (χ0n) is 17.0. The zero-order valence-corrected chi connectivity index (χ0v) is 17.8. The van der Waals surface area contributed by atoms with E-state index in [0.717, 1.165) is 5.56 Å². The number of hydrogen-bond acceptors (Lipinski definition) is 6. The number of urea groups is 1. The van der Waals surface area contributed by atoms with Crippen molar-refractivity contribution in [1.29, 1.82) is 5.26 Å². The second-order valence-corrected chi connectivity index (χ2v) is 7.71. The zero-order chi connectivity index (χ0) is 21.8. The van der Waals surface area contributed by atoms with Crippen molar-refractivity contribution in [1.82, 2.24) is 20.4 Å². The lowest BCUT2D eigenvalue weighted by Gasteiger charge is -2.34. The summed E-state index contributed by atoms with van der Waals surface area (Å²) in [4.78, 5) is 39.8. The minimum Gasteiger partial charge on any atom is -0.450 e. The molecule has 0 spiro atoms. The van der Waals surface area contributed by atoms with Gasteiger partial charge >= 0.3 is 12.1 Å². The van der Waals surface area contributed by atoms with Crippen molar-refractivity contribution in [3.05, 3.63) is 35.9 Å². The van der Waals surface area contributed by atoms with Crippen LogP contribution in [0.15, 0.2) is 30.3 Å². The van der Waals surface area contributed by atoms with Crippen LogP contribution in [-0.4, -0.2) is 79.0 Å². The lowest BCUT2D eigenvalue weighted by molar-refractivity contribution is -0.120. The fraction of sp³-hybridized carbons (Fsp3) is 0.500. The number of thioether (sulfide) groups is 1. The van der Waals surface area contributed by atoms with E-state index in [2.05, 4.69) is 10.6 Å². The summed E-state index contributed by atoms with van der Waals surface area (Å²) in [7, 11) is 0. The Morgan fingerprint density at radius 2 is 1.80 bits per heavy atom. The van der Waals surface area contributed by atoms with Crippen LogP contribution in [0.2, 0.25) is 0 Å². The molecule has 1 unspecified atom stereocenters. The summed E-state index contributed by atoms with van der Waals surface area (Å²) in [6.07, 6.45) is -0.371. The van der Waals surface area contributed by atoms with E-state index in [9.17, 15) is 14.4 Å². The van der Waals surface area contributed by atoms with Gasteiger partial charge in [-0.05, 0) is 12.5 Å². The van der Waals surface area contributed by atoms with E-state index in [0.29, 0.717) is 38.5 Å². The molecule has 1 aliphatic rings. The number of piperazine rings is 1. The molecule has 2 rings (SSSR count). The highest BCUT2D eigenvalue weighted by Crippen LogP contribution is 2.18. The van der Waals surface area contributed by atoms with E-state index in [-0.39, 0.29) is 31.1 Å². The summed E-state index contributed by atoms with van der Waals surface area (Å²) in [5, 5.41) is 13.5. The average molecular weight is 434 g/mol. The van der Waals surface area contributed by atoms with Crippen molar-refractivity contribution in [3.63, 3.8) is 0 Å². The van der Waals surface area contributed by atoms with Crippen LogP contribution in [0.4, 0.5) is 9.59 Å². The summed E-state index contributed by atoms with van der Waals surface area (Å²) in [5.74, 6) is 0.324. The van der Waals surface area contributed by atoms with Crippen LogP contribution in [-0.2, 0) is 15.3 Å². The molecule has 162 valence electrons. The number of carbonyl (C=O) groups excluding carboxylic acids is 3. The van der Waals surface area contributed by atoms with Gasteiger partial charge in [-0.2, -0.15) is 5.26 Å². The first-order chi connectivity index (χ1) is 14.5. The molecule has 4 amide bonds. The highest BCUT2D eigenvalue weighted by molar-refractivity contribution is 7.99. The van der Waals surface area contributed by atoms with Crippen molar-refractivity contribution in [2.45, 2.75) is 17.9 Å². The lowest BCUT2D eigenvalue weighted by Crippen LogP contribution is -2.54. The Labute approximate surface area is 180 Å². The molecule has 9 nitrogen and oxygen atoms in total. The van der Waals surface area contributed by atoms with Gasteiger partial charge in [0.25, 0.3) is 0 Å². The Morgan fingerprint density at radius 3 is 2.43 bits per heavy atom. The fourth-order valence-electron chi connectivity index (χ4n) is 2.84. The molecule has 0 saturated carbocycles. The first kappa shape index (κ1) is 23.3. The van der Waals surface area contributed by atoms with Crippen LogP contribution >= 0.6 is 11.8 Å². The van der Waals surface area contributed by atoms with Gasteiger partial charge in [-0.25, -0.2) is 9.59 Å². The number of nitriles is 1. The van der Waals surface area contributed by atoms with Gasteiger partial charge in [0.05, 0.1) is 12.7 Å². The van der Waals surface area contributed by atoms with Gasteiger partial charge in [0, 0.05) is 38.5 Å². The molecule has 2 N–H and O–H groups in total. The van der Waals surface area contributed by atoms with Gasteiger partial charge in [-0.15, -0.1) is 11.8 Å². The topological polar surface area (TPSA) is 115 Å². The highest BCUT2D eigenvalue weighted by atomic mass is 32.2. The van der Waals surface area contributed by atoms with E-state index in [4.69, 9.17) is 10.00 Å². The molecule has 1 aliphatic heterocycles. The molecule has 1 aromatic rings. The largest absolute Gasteiger partial charge is 0.450 e. The number of rotatable bonds is 8. The van der Waals surface area contributed by atoms with E-state index in [1.165, 1.54) is 11.8 Å². The third-order valence-corrected chi connectivity index (χ3v) is 5.74. The normalized spacial score (nSPS) is 14.4. The average Bonchev–Trinajstić information content (AvgIpc) is 2.78. The summed E-state index contributed by atoms with van der Waals surface area (Å²) in [6.45, 7) is 3.73. The number of benzene rings is 1. The Balaban J connectivity index is 1.84. The second-order valence-electron chi connectivity index (χ2n) is 6.52. The van der Waals surface area contributed by atoms with Crippen LogP contribution in [0.1, 0.15) is 12.5 Å². The van der Waals surface area contributed by atoms with Gasteiger partial charge in [-0.3, -0.25) is 4.79 Å². The Morgan fingerprint density at radius 1 is 1.13 bits per heavy atom. The second kappa shape index (κ2) is 12.6. The third-order valence-electron chi connectivity index (χ3n) is 4.46. The number of carbonyl (C=O) groups is 3. The van der Waals surface area contributed by atoms with Crippen molar-refractivity contribution in [2.24, 2.45) is 0 Å². The minimum absolute atomic E-state index is 0.0784. The maximum atomic E-state index is 12.5. The fourth-order valence-corrected chi connectivity index (χ4v) is 3.86. The number of nitrogens with zero attached hydrogens (tertiary/aromatic N) is 3. The number of hydrogen-bond donors (Lipinski definition) is 2. The Bertz CT molecular complexity index is 747. The standard InChI is InChI=1S/C20H27N5O4S/c1-2-29-20(28)25-12-10-24(11-13-25)19(27)23-14-17(18(26)22-9-8-21)30-15-16-6-4-3-5-7-16/h3-7,17H,2,9-15H2,1H3,(H,22,26)(H,23,27). The van der Waals surface area contributed by atoms with Gasteiger partial charge in [0.1, 0.15) is 11.8 Å². The van der Waals surface area contributed by atoms with Crippen molar-refractivity contribution >= 4 is 29.8 Å². The molecule has 1 heterocycles. The molecule has 0 aliphatic carbocycles. The van der Waals surface area contributed by atoms with Crippen LogP contribution in [0.25, 0.3) is 0 Å². The first-order valence-corrected chi connectivity index (χ1v) is 10.8. The van der Waals surface area contributed by atoms with E-state index < -0.39 is 5.25 Å². The quantitative estimate of drug-likeness (QED) is 0.599. The molecular weight excluding hydrogens is 406 g/mol. The molecule has 0 aromatic heterocycles. The maximum absolute atomic E-state index is 12.5. The summed E-state index contributed by atoms with van der Waals surface area (Å²) >= 11 is 1.41. The maximum Gasteiger partial charge on any atom is 0.409 e. The Hall–Kier alpha value is -2.93. The molecule has 1 saturated heterocycles. The van der Waals surface area contributed by atoms with Crippen LogP contribution < -0.4 is 10.6 Å². The Kier molecular flexibility index (Phi) is 9.80. The van der Waals surface area contributed by atoms with E-state index in [1.54, 1.807) is 16.7 Å². The number of ether oxygens (including phenoxy) is 1. The van der Waals surface area contributed by atoms with Crippen LogP contribution in [0.5, 0.6) is 0 Å². The van der Waals surface area contributed by atoms with Gasteiger partial charge in [0.15, 0.2) is 0 Å². The molecule has 0 bridgehead atoms. The van der Waals surface area contributed by atoms with Crippen molar-refractivity contribution < 1.29 is 19.1 Å². The van der Waals surface area contributed by atoms with E-state index in [1.807, 2.05) is 36.4 Å². The molecule has 0 radical (unpaired) electrons. The van der Waals surface area contributed by atoms with Crippen LogP contribution in [0.3, 0.4) is 0 Å². The minimum atomic E-state index is -0.525. The molecular formula is C20H27N5O4S. The molecule has 1 atom stereocenters. The van der Waals surface area contributed by atoms with Gasteiger partial charge in [-0.1, -0.05) is 30.3 Å². The van der Waals surface area contributed by atoms with Crippen LogP contribution in [0, 0.1) is 11.3 Å². The summed E-state index contributed by atoms with van der Waals surface area (Å²) in [6, 6.07) is 11.3. The molecule has 1 fully saturated rings. The number of nitrogens with one attached hydrogen (secondary N) is 2. The lowest BCUT2D eigenvalue weighted by atomic mass is 10.2. The molecule has 1 aromatic carbocycles. The first-order valence-electron chi connectivity index (χ1n) is 9.79. The summed E-state index contributed by atoms with van der Waals surface area (Å²) < 4.78 is 4.98. The summed E-state index contributed by atoms with van der Waals surface area (Å²) in [5.41, 5.74) is 1.07. The van der Waals surface area contributed by atoms with Crippen molar-refractivity contribution in [2.75, 3.05) is 45.9 Å². The van der Waals surface area contributed by atoms with Gasteiger partial charge in [0.2, 0.25) is 5.91 Å². The monoisotopic (exact) mass is 433 g/mol. The van der Waals surface area contributed by atoms with Gasteiger partial charge < -0.3 is 25.2 Å². The number of amides is 4. The highest BCUT2D eigenvalue weighted by Gasteiger charge is 2.26. The molecule has 10 heteroatoms.